The molecule has 1 aliphatic carbocycles. The van der Waals surface area contributed by atoms with Crippen LogP contribution in [0.2, 0.25) is 0 Å². The van der Waals surface area contributed by atoms with Gasteiger partial charge >= 0.3 is 0 Å². The van der Waals surface area contributed by atoms with Crippen molar-refractivity contribution < 1.29 is 0 Å². The summed E-state index contributed by atoms with van der Waals surface area (Å²) in [6.45, 7) is 5.23. The van der Waals surface area contributed by atoms with E-state index in [0.29, 0.717) is 12.0 Å². The molecule has 1 N–H and O–H groups in total. The van der Waals surface area contributed by atoms with Crippen molar-refractivity contribution in [2.75, 3.05) is 6.54 Å². The molecule has 1 aliphatic rings. The number of nitrogens with zero attached hydrogens (tertiary/aromatic N) is 2. The lowest BCUT2D eigenvalue weighted by Crippen LogP contribution is -2.17. The van der Waals surface area contributed by atoms with Crippen molar-refractivity contribution in [3.05, 3.63) is 45.4 Å². The van der Waals surface area contributed by atoms with Crippen LogP contribution < -0.4 is 5.32 Å². The van der Waals surface area contributed by atoms with Crippen LogP contribution in [0.3, 0.4) is 0 Å². The van der Waals surface area contributed by atoms with Gasteiger partial charge in [-0.2, -0.15) is 0 Å². The van der Waals surface area contributed by atoms with Crippen molar-refractivity contribution in [2.24, 2.45) is 0 Å². The lowest BCUT2D eigenvalue weighted by molar-refractivity contribution is 0.588. The average Bonchev–Trinajstić information content (AvgIpc) is 3.05. The smallest absolute Gasteiger partial charge is 0.134 e. The predicted molar refractivity (Wildman–Crippen MR) is 78.6 cm³/mol. The summed E-state index contributed by atoms with van der Waals surface area (Å²) in [7, 11) is 0. The summed E-state index contributed by atoms with van der Waals surface area (Å²) in [5.41, 5.74) is 2.95. The fourth-order valence-corrected chi connectivity index (χ4v) is 3.68. The van der Waals surface area contributed by atoms with Gasteiger partial charge in [0.2, 0.25) is 0 Å². The number of aromatic nitrogens is 2. The molecule has 0 aliphatic heterocycles. The molecule has 1 aromatic heterocycles. The van der Waals surface area contributed by atoms with E-state index in [2.05, 4.69) is 53.6 Å². The quantitative estimate of drug-likeness (QED) is 0.930. The van der Waals surface area contributed by atoms with Crippen molar-refractivity contribution in [1.82, 2.24) is 15.5 Å². The third-order valence-corrected chi connectivity index (χ3v) is 5.01. The fourth-order valence-electron chi connectivity index (χ4n) is 2.71. The van der Waals surface area contributed by atoms with Crippen LogP contribution in [0.25, 0.3) is 0 Å². The van der Waals surface area contributed by atoms with Gasteiger partial charge < -0.3 is 5.32 Å². The molecule has 2 aromatic rings. The van der Waals surface area contributed by atoms with E-state index in [1.54, 1.807) is 11.3 Å². The number of benzene rings is 1. The molecule has 1 unspecified atom stereocenters. The van der Waals surface area contributed by atoms with E-state index in [1.165, 1.54) is 16.1 Å². The summed E-state index contributed by atoms with van der Waals surface area (Å²) in [6.07, 6.45) is 2.22. The first-order chi connectivity index (χ1) is 9.28. The van der Waals surface area contributed by atoms with E-state index in [1.807, 2.05) is 0 Å². The highest BCUT2D eigenvalue weighted by Gasteiger charge is 2.26. The van der Waals surface area contributed by atoms with Gasteiger partial charge in [0, 0.05) is 5.92 Å². The van der Waals surface area contributed by atoms with E-state index in [0.717, 1.165) is 24.4 Å². The standard InChI is InChI=1S/C15H19N3S/c1-3-16-10(2)14-17-18-15(19-14)13-8-11-6-4-5-7-12(11)9-13/h4-7,10,13,16H,3,8-9H2,1-2H3. The summed E-state index contributed by atoms with van der Waals surface area (Å²) < 4.78 is 0. The monoisotopic (exact) mass is 273 g/mol. The molecule has 4 heteroatoms. The zero-order valence-electron chi connectivity index (χ0n) is 11.4. The molecule has 1 atom stereocenters. The summed E-state index contributed by atoms with van der Waals surface area (Å²) in [6, 6.07) is 9.02. The fraction of sp³-hybridized carbons (Fsp3) is 0.467. The Labute approximate surface area is 118 Å². The highest BCUT2D eigenvalue weighted by molar-refractivity contribution is 7.11. The van der Waals surface area contributed by atoms with Crippen LogP contribution >= 0.6 is 11.3 Å². The van der Waals surface area contributed by atoms with Crippen LogP contribution in [0.4, 0.5) is 0 Å². The molecule has 0 bridgehead atoms. The molecule has 3 nitrogen and oxygen atoms in total. The highest BCUT2D eigenvalue weighted by atomic mass is 32.1. The summed E-state index contributed by atoms with van der Waals surface area (Å²) >= 11 is 1.76. The maximum Gasteiger partial charge on any atom is 0.134 e. The first-order valence-electron chi connectivity index (χ1n) is 6.91. The summed E-state index contributed by atoms with van der Waals surface area (Å²) in [5.74, 6) is 0.525. The second-order valence-corrected chi connectivity index (χ2v) is 6.17. The van der Waals surface area contributed by atoms with Gasteiger partial charge in [0.1, 0.15) is 10.0 Å². The maximum atomic E-state index is 4.41. The Balaban J connectivity index is 1.75. The molecule has 0 spiro atoms. The normalized spacial score (nSPS) is 16.5. The van der Waals surface area contributed by atoms with Crippen molar-refractivity contribution >= 4 is 11.3 Å². The van der Waals surface area contributed by atoms with Crippen molar-refractivity contribution in [3.63, 3.8) is 0 Å². The molecule has 0 radical (unpaired) electrons. The third-order valence-electron chi connectivity index (χ3n) is 3.74. The second-order valence-electron chi connectivity index (χ2n) is 5.13. The van der Waals surface area contributed by atoms with Crippen LogP contribution in [0, 0.1) is 0 Å². The Bertz CT molecular complexity index is 539. The molecule has 0 saturated carbocycles. The van der Waals surface area contributed by atoms with Crippen LogP contribution in [-0.2, 0) is 12.8 Å². The van der Waals surface area contributed by atoms with Crippen molar-refractivity contribution in [1.29, 1.82) is 0 Å². The van der Waals surface area contributed by atoms with Gasteiger partial charge in [-0.05, 0) is 37.4 Å². The van der Waals surface area contributed by atoms with Gasteiger partial charge in [0.25, 0.3) is 0 Å². The molecule has 0 amide bonds. The molecule has 0 saturated heterocycles. The lowest BCUT2D eigenvalue weighted by Gasteiger charge is -2.07. The Morgan fingerprint density at radius 1 is 1.26 bits per heavy atom. The number of hydrogen-bond donors (Lipinski definition) is 1. The predicted octanol–water partition coefficient (Wildman–Crippen LogP) is 3.09. The van der Waals surface area contributed by atoms with Gasteiger partial charge in [-0.3, -0.25) is 0 Å². The Morgan fingerprint density at radius 3 is 2.58 bits per heavy atom. The number of hydrogen-bond acceptors (Lipinski definition) is 4. The Hall–Kier alpha value is -1.26. The number of rotatable bonds is 4. The van der Waals surface area contributed by atoms with Gasteiger partial charge in [-0.1, -0.05) is 42.5 Å². The van der Waals surface area contributed by atoms with Crippen LogP contribution in [0.1, 0.15) is 46.9 Å². The first kappa shape index (κ1) is 12.8. The largest absolute Gasteiger partial charge is 0.308 e. The zero-order chi connectivity index (χ0) is 13.2. The first-order valence-corrected chi connectivity index (χ1v) is 7.73. The Kier molecular flexibility index (Phi) is 3.62. The van der Waals surface area contributed by atoms with E-state index in [9.17, 15) is 0 Å². The van der Waals surface area contributed by atoms with Crippen molar-refractivity contribution in [3.8, 4) is 0 Å². The molecular formula is C15H19N3S. The van der Waals surface area contributed by atoms with E-state index in [4.69, 9.17) is 0 Å². The molecule has 100 valence electrons. The molecule has 1 heterocycles. The van der Waals surface area contributed by atoms with Gasteiger partial charge in [0.05, 0.1) is 6.04 Å². The van der Waals surface area contributed by atoms with Crippen LogP contribution in [-0.4, -0.2) is 16.7 Å². The highest BCUT2D eigenvalue weighted by Crippen LogP contribution is 2.35. The van der Waals surface area contributed by atoms with E-state index < -0.39 is 0 Å². The summed E-state index contributed by atoms with van der Waals surface area (Å²) in [4.78, 5) is 0. The van der Waals surface area contributed by atoms with Crippen LogP contribution in [0.5, 0.6) is 0 Å². The molecule has 3 rings (SSSR count). The molecular weight excluding hydrogens is 254 g/mol. The minimum atomic E-state index is 0.306. The molecule has 19 heavy (non-hydrogen) atoms. The van der Waals surface area contributed by atoms with Gasteiger partial charge in [-0.15, -0.1) is 10.2 Å². The van der Waals surface area contributed by atoms with Crippen LogP contribution in [0.15, 0.2) is 24.3 Å². The molecule has 1 aromatic carbocycles. The zero-order valence-corrected chi connectivity index (χ0v) is 12.2. The third kappa shape index (κ3) is 2.55. The Morgan fingerprint density at radius 2 is 1.95 bits per heavy atom. The minimum Gasteiger partial charge on any atom is -0.308 e. The second kappa shape index (κ2) is 5.39. The number of fused-ring (bicyclic) bond motifs is 1. The maximum absolute atomic E-state index is 4.41. The van der Waals surface area contributed by atoms with Crippen molar-refractivity contribution in [2.45, 2.75) is 38.6 Å². The number of nitrogens with one attached hydrogen (secondary N) is 1. The SMILES string of the molecule is CCNC(C)c1nnc(C2Cc3ccccc3C2)s1. The summed E-state index contributed by atoms with van der Waals surface area (Å²) in [5, 5.41) is 14.4. The van der Waals surface area contributed by atoms with Gasteiger partial charge in [-0.25, -0.2) is 0 Å². The molecule has 0 fully saturated rings. The minimum absolute atomic E-state index is 0.306. The lowest BCUT2D eigenvalue weighted by atomic mass is 10.1. The van der Waals surface area contributed by atoms with E-state index >= 15 is 0 Å². The van der Waals surface area contributed by atoms with Gasteiger partial charge in [0.15, 0.2) is 0 Å². The topological polar surface area (TPSA) is 37.8 Å². The van der Waals surface area contributed by atoms with E-state index in [-0.39, 0.29) is 0 Å². The average molecular weight is 273 g/mol.